The lowest BCUT2D eigenvalue weighted by molar-refractivity contribution is 0.251. The van der Waals surface area contributed by atoms with E-state index in [1.54, 1.807) is 11.7 Å². The molecule has 26 heavy (non-hydrogen) atoms. The predicted octanol–water partition coefficient (Wildman–Crippen LogP) is 2.10. The number of nitrogens with one attached hydrogen (secondary N) is 2. The Balaban J connectivity index is 1.48. The summed E-state index contributed by atoms with van der Waals surface area (Å²) < 4.78 is 6.86. The van der Waals surface area contributed by atoms with Crippen LogP contribution in [0.25, 0.3) is 11.4 Å². The van der Waals surface area contributed by atoms with Crippen LogP contribution in [0.2, 0.25) is 0 Å². The first kappa shape index (κ1) is 17.6. The van der Waals surface area contributed by atoms with Crippen molar-refractivity contribution in [2.24, 2.45) is 7.05 Å². The minimum Gasteiger partial charge on any atom is -0.339 e. The van der Waals surface area contributed by atoms with E-state index < -0.39 is 0 Å². The third-order valence-electron chi connectivity index (χ3n) is 3.80. The molecule has 0 fully saturated rings. The molecule has 0 aliphatic rings. The molecule has 2 amide bonds. The Morgan fingerprint density at radius 1 is 1.23 bits per heavy atom. The van der Waals surface area contributed by atoms with Gasteiger partial charge in [-0.1, -0.05) is 41.9 Å². The van der Waals surface area contributed by atoms with Crippen LogP contribution in [-0.2, 0) is 19.9 Å². The summed E-state index contributed by atoms with van der Waals surface area (Å²) in [5.74, 6) is 2.08. The van der Waals surface area contributed by atoms with Crippen LogP contribution in [0.15, 0.2) is 28.8 Å². The molecule has 0 aliphatic heterocycles. The van der Waals surface area contributed by atoms with Crippen molar-refractivity contribution in [3.8, 4) is 11.4 Å². The van der Waals surface area contributed by atoms with Gasteiger partial charge in [0.05, 0.1) is 0 Å². The largest absolute Gasteiger partial charge is 0.339 e. The van der Waals surface area contributed by atoms with E-state index in [-0.39, 0.29) is 12.0 Å². The van der Waals surface area contributed by atoms with Gasteiger partial charge in [-0.2, -0.15) is 9.97 Å². The number of carbonyl (C=O) groups is 1. The zero-order valence-corrected chi connectivity index (χ0v) is 15.0. The summed E-state index contributed by atoms with van der Waals surface area (Å²) >= 11 is 0. The molecule has 0 spiro atoms. The minimum absolute atomic E-state index is 0.279. The average Bonchev–Trinajstić information content (AvgIpc) is 3.22. The summed E-state index contributed by atoms with van der Waals surface area (Å²) in [7, 11) is 1.79. The monoisotopic (exact) mass is 355 g/mol. The highest BCUT2D eigenvalue weighted by atomic mass is 16.5. The summed E-state index contributed by atoms with van der Waals surface area (Å²) in [6.45, 7) is 4.35. The van der Waals surface area contributed by atoms with Crippen LogP contribution >= 0.6 is 0 Å². The van der Waals surface area contributed by atoms with Crippen LogP contribution in [0.3, 0.4) is 0 Å². The minimum atomic E-state index is -0.378. The molecule has 1 aromatic carbocycles. The molecule has 2 N–H and O–H groups in total. The molecule has 136 valence electrons. The summed E-state index contributed by atoms with van der Waals surface area (Å²) in [6.07, 6.45) is 1.18. The summed E-state index contributed by atoms with van der Waals surface area (Å²) in [5.41, 5.74) is 2.06. The fourth-order valence-electron chi connectivity index (χ4n) is 2.38. The van der Waals surface area contributed by atoms with E-state index >= 15 is 0 Å². The molecule has 2 heterocycles. The number of aromatic nitrogens is 5. The second-order valence-corrected chi connectivity index (χ2v) is 5.84. The van der Waals surface area contributed by atoms with Crippen LogP contribution < -0.4 is 10.6 Å². The third kappa shape index (κ3) is 4.24. The molecule has 2 aromatic heterocycles. The molecule has 0 bridgehead atoms. The van der Waals surface area contributed by atoms with Crippen LogP contribution in [0.1, 0.15) is 24.2 Å². The number of benzene rings is 1. The molecule has 0 atom stereocenters. The van der Waals surface area contributed by atoms with E-state index in [4.69, 9.17) is 4.52 Å². The lowest BCUT2D eigenvalue weighted by Crippen LogP contribution is -2.31. The molecule has 3 aromatic rings. The van der Waals surface area contributed by atoms with Gasteiger partial charge in [-0.25, -0.2) is 4.79 Å². The Bertz CT molecular complexity index is 883. The first-order valence-corrected chi connectivity index (χ1v) is 8.39. The van der Waals surface area contributed by atoms with E-state index in [0.29, 0.717) is 24.7 Å². The van der Waals surface area contributed by atoms with Gasteiger partial charge >= 0.3 is 6.03 Å². The standard InChI is InChI=1S/C17H21N7O2/c1-4-13-19-16(22-24(13)3)21-17(25)18-10-9-14-20-15(23-26-14)12-7-5-11(2)6-8-12/h5-8H,4,9-10H2,1-3H3,(H2,18,21,22,25). The van der Waals surface area contributed by atoms with E-state index in [1.165, 1.54) is 5.56 Å². The summed E-state index contributed by atoms with van der Waals surface area (Å²) in [5, 5.41) is 13.4. The Morgan fingerprint density at radius 3 is 2.69 bits per heavy atom. The van der Waals surface area contributed by atoms with Gasteiger partial charge < -0.3 is 9.84 Å². The third-order valence-corrected chi connectivity index (χ3v) is 3.80. The number of carbonyl (C=O) groups excluding carboxylic acids is 1. The number of aryl methyl sites for hydroxylation is 3. The maximum atomic E-state index is 11.9. The van der Waals surface area contributed by atoms with Crippen molar-refractivity contribution in [1.29, 1.82) is 0 Å². The maximum absolute atomic E-state index is 11.9. The quantitative estimate of drug-likeness (QED) is 0.700. The number of hydrogen-bond acceptors (Lipinski definition) is 6. The van der Waals surface area contributed by atoms with Crippen molar-refractivity contribution in [2.45, 2.75) is 26.7 Å². The first-order chi connectivity index (χ1) is 12.5. The fourth-order valence-corrected chi connectivity index (χ4v) is 2.38. The molecule has 0 unspecified atom stereocenters. The highest BCUT2D eigenvalue weighted by molar-refractivity contribution is 5.87. The van der Waals surface area contributed by atoms with E-state index in [2.05, 4.69) is 30.9 Å². The molecule has 9 heteroatoms. The molecular weight excluding hydrogens is 334 g/mol. The Morgan fingerprint density at radius 2 is 2.00 bits per heavy atom. The topological polar surface area (TPSA) is 111 Å². The van der Waals surface area contributed by atoms with Gasteiger partial charge in [0.1, 0.15) is 5.82 Å². The zero-order chi connectivity index (χ0) is 18.5. The molecule has 0 aliphatic carbocycles. The van der Waals surface area contributed by atoms with E-state index in [9.17, 15) is 4.79 Å². The van der Waals surface area contributed by atoms with Gasteiger partial charge in [-0.05, 0) is 6.92 Å². The number of urea groups is 1. The van der Waals surface area contributed by atoms with Crippen LogP contribution in [0.5, 0.6) is 0 Å². The van der Waals surface area contributed by atoms with Gasteiger partial charge in [0.2, 0.25) is 17.7 Å². The Hall–Kier alpha value is -3.23. The van der Waals surface area contributed by atoms with Crippen LogP contribution in [-0.4, -0.2) is 37.5 Å². The highest BCUT2D eigenvalue weighted by Gasteiger charge is 2.11. The number of amides is 2. The highest BCUT2D eigenvalue weighted by Crippen LogP contribution is 2.16. The normalized spacial score (nSPS) is 10.7. The first-order valence-electron chi connectivity index (χ1n) is 8.39. The van der Waals surface area contributed by atoms with E-state index in [0.717, 1.165) is 17.8 Å². The van der Waals surface area contributed by atoms with Gasteiger partial charge in [0.15, 0.2) is 0 Å². The van der Waals surface area contributed by atoms with E-state index in [1.807, 2.05) is 38.1 Å². The lowest BCUT2D eigenvalue weighted by atomic mass is 10.1. The molecule has 0 saturated heterocycles. The molecular formula is C17H21N7O2. The number of anilines is 1. The SMILES string of the molecule is CCc1nc(NC(=O)NCCc2nc(-c3ccc(C)cc3)no2)nn1C. The number of rotatable bonds is 6. The molecule has 0 radical (unpaired) electrons. The second-order valence-electron chi connectivity index (χ2n) is 5.84. The summed E-state index contributed by atoms with van der Waals surface area (Å²) in [6, 6.07) is 7.50. The van der Waals surface area contributed by atoms with Crippen LogP contribution in [0.4, 0.5) is 10.7 Å². The fraction of sp³-hybridized carbons (Fsp3) is 0.353. The lowest BCUT2D eigenvalue weighted by Gasteiger charge is -2.02. The van der Waals surface area contributed by atoms with Gasteiger partial charge in [0, 0.05) is 32.0 Å². The Labute approximate surface area is 150 Å². The molecule has 0 saturated carbocycles. The molecule has 9 nitrogen and oxygen atoms in total. The maximum Gasteiger partial charge on any atom is 0.321 e. The van der Waals surface area contributed by atoms with Crippen molar-refractivity contribution < 1.29 is 9.32 Å². The molecule has 3 rings (SSSR count). The van der Waals surface area contributed by atoms with Gasteiger partial charge in [-0.15, -0.1) is 5.10 Å². The van der Waals surface area contributed by atoms with Crippen molar-refractivity contribution in [1.82, 2.24) is 30.2 Å². The van der Waals surface area contributed by atoms with Crippen molar-refractivity contribution in [3.63, 3.8) is 0 Å². The van der Waals surface area contributed by atoms with Gasteiger partial charge in [-0.3, -0.25) is 10.00 Å². The second kappa shape index (κ2) is 7.77. The smallest absolute Gasteiger partial charge is 0.321 e. The Kier molecular flexibility index (Phi) is 5.26. The average molecular weight is 355 g/mol. The number of hydrogen-bond donors (Lipinski definition) is 2. The van der Waals surface area contributed by atoms with Crippen molar-refractivity contribution in [3.05, 3.63) is 41.5 Å². The summed E-state index contributed by atoms with van der Waals surface area (Å²) in [4.78, 5) is 20.4. The van der Waals surface area contributed by atoms with Crippen molar-refractivity contribution >= 4 is 12.0 Å². The number of nitrogens with zero attached hydrogens (tertiary/aromatic N) is 5. The van der Waals surface area contributed by atoms with Gasteiger partial charge in [0.25, 0.3) is 0 Å². The zero-order valence-electron chi connectivity index (χ0n) is 15.0. The predicted molar refractivity (Wildman–Crippen MR) is 95.6 cm³/mol. The van der Waals surface area contributed by atoms with Crippen molar-refractivity contribution in [2.75, 3.05) is 11.9 Å². The van der Waals surface area contributed by atoms with Crippen LogP contribution in [0, 0.1) is 6.92 Å².